The molecule has 2 amide bonds. The van der Waals surface area contributed by atoms with Crippen molar-refractivity contribution in [3.8, 4) is 16.6 Å². The summed E-state index contributed by atoms with van der Waals surface area (Å²) in [6.45, 7) is -0.605. The molecule has 0 radical (unpaired) electrons. The lowest BCUT2D eigenvalue weighted by molar-refractivity contribution is -0.138. The van der Waals surface area contributed by atoms with Gasteiger partial charge in [-0.3, -0.25) is 14.4 Å². The number of ether oxygens (including phenoxy) is 1. The van der Waals surface area contributed by atoms with Crippen LogP contribution >= 0.6 is 46.3 Å². The van der Waals surface area contributed by atoms with E-state index in [1.807, 2.05) is 0 Å². The van der Waals surface area contributed by atoms with E-state index >= 15 is 0 Å². The third-order valence-electron chi connectivity index (χ3n) is 6.46. The van der Waals surface area contributed by atoms with Gasteiger partial charge in [-0.2, -0.15) is 18.4 Å². The van der Waals surface area contributed by atoms with Crippen LogP contribution in [0.5, 0.6) is 0 Å². The van der Waals surface area contributed by atoms with Gasteiger partial charge in [-0.15, -0.1) is 11.3 Å². The van der Waals surface area contributed by atoms with Crippen LogP contribution in [0.2, 0.25) is 10.0 Å². The van der Waals surface area contributed by atoms with Crippen molar-refractivity contribution in [3.63, 3.8) is 0 Å². The Kier molecular flexibility index (Phi) is 9.31. The SMILES string of the molecule is N#Cc1c(C(F)(F)F)cc(-c2cccs2)nc1SC1CC(=O)N(c2ccc(C(=O)OCC(=O)c3ccc(Cl)cc3Cl)cc2)C1=O. The maximum Gasteiger partial charge on any atom is 0.417 e. The van der Waals surface area contributed by atoms with Gasteiger partial charge >= 0.3 is 12.1 Å². The van der Waals surface area contributed by atoms with Gasteiger partial charge in [0.1, 0.15) is 11.1 Å². The lowest BCUT2D eigenvalue weighted by Gasteiger charge is -2.17. The smallest absolute Gasteiger partial charge is 0.417 e. The molecule has 228 valence electrons. The Morgan fingerprint density at radius 2 is 1.84 bits per heavy atom. The van der Waals surface area contributed by atoms with Crippen LogP contribution in [-0.2, 0) is 20.5 Å². The molecule has 0 aliphatic carbocycles. The molecule has 8 nitrogen and oxygen atoms in total. The zero-order valence-electron chi connectivity index (χ0n) is 22.4. The minimum absolute atomic E-state index is 0.0201. The number of nitrogens with zero attached hydrogens (tertiary/aromatic N) is 3. The minimum atomic E-state index is -4.87. The Morgan fingerprint density at radius 3 is 2.47 bits per heavy atom. The number of halogens is 5. The molecule has 1 saturated heterocycles. The van der Waals surface area contributed by atoms with E-state index in [4.69, 9.17) is 27.9 Å². The number of hydrogen-bond donors (Lipinski definition) is 0. The highest BCUT2D eigenvalue weighted by Crippen LogP contribution is 2.41. The first kappa shape index (κ1) is 32.2. The molecule has 1 fully saturated rings. The topological polar surface area (TPSA) is 117 Å². The number of benzene rings is 2. The Hall–Kier alpha value is -4.22. The Bertz CT molecular complexity index is 1880. The molecule has 1 atom stereocenters. The van der Waals surface area contributed by atoms with Crippen LogP contribution in [0.1, 0.15) is 38.3 Å². The summed E-state index contributed by atoms with van der Waals surface area (Å²) in [5.74, 6) is -2.78. The number of anilines is 1. The highest BCUT2D eigenvalue weighted by Gasteiger charge is 2.42. The highest BCUT2D eigenvalue weighted by molar-refractivity contribution is 8.00. The number of nitriles is 1. The second kappa shape index (κ2) is 13.0. The van der Waals surface area contributed by atoms with Gasteiger partial charge in [0, 0.05) is 17.0 Å². The van der Waals surface area contributed by atoms with Gasteiger partial charge < -0.3 is 4.74 Å². The van der Waals surface area contributed by atoms with Gasteiger partial charge in [-0.25, -0.2) is 14.7 Å². The number of Topliss-reactive ketones (excluding diaryl/α,β-unsaturated/α-hetero) is 1. The molecule has 0 spiro atoms. The largest absolute Gasteiger partial charge is 0.454 e. The zero-order chi connectivity index (χ0) is 32.5. The molecule has 0 bridgehead atoms. The van der Waals surface area contributed by atoms with E-state index in [0.29, 0.717) is 21.7 Å². The first-order valence-corrected chi connectivity index (χ1v) is 15.2. The summed E-state index contributed by atoms with van der Waals surface area (Å²) >= 11 is 13.6. The van der Waals surface area contributed by atoms with Crippen molar-refractivity contribution in [1.29, 1.82) is 5.26 Å². The average Bonchev–Trinajstić information content (AvgIpc) is 3.63. The number of ketones is 1. The van der Waals surface area contributed by atoms with Gasteiger partial charge in [0.15, 0.2) is 6.61 Å². The van der Waals surface area contributed by atoms with Crippen LogP contribution in [0.3, 0.4) is 0 Å². The number of imide groups is 1. The van der Waals surface area contributed by atoms with Gasteiger partial charge in [0.2, 0.25) is 17.6 Å². The first-order chi connectivity index (χ1) is 21.4. The van der Waals surface area contributed by atoms with E-state index in [1.165, 1.54) is 42.5 Å². The lowest BCUT2D eigenvalue weighted by atomic mass is 10.1. The van der Waals surface area contributed by atoms with E-state index in [0.717, 1.165) is 22.3 Å². The maximum atomic E-state index is 13.9. The van der Waals surface area contributed by atoms with E-state index in [1.54, 1.807) is 23.6 Å². The summed E-state index contributed by atoms with van der Waals surface area (Å²) in [6, 6.07) is 15.0. The Balaban J connectivity index is 1.31. The molecule has 1 unspecified atom stereocenters. The summed E-state index contributed by atoms with van der Waals surface area (Å²) in [7, 11) is 0. The van der Waals surface area contributed by atoms with Crippen LogP contribution < -0.4 is 4.90 Å². The van der Waals surface area contributed by atoms with Gasteiger partial charge in [0.25, 0.3) is 0 Å². The number of thiophene rings is 1. The number of rotatable bonds is 8. The van der Waals surface area contributed by atoms with Gasteiger partial charge in [-0.1, -0.05) is 41.0 Å². The van der Waals surface area contributed by atoms with Gasteiger partial charge in [0.05, 0.1) is 43.2 Å². The summed E-state index contributed by atoms with van der Waals surface area (Å²) in [5.41, 5.74) is -1.72. The fourth-order valence-corrected chi connectivity index (χ4v) is 6.67. The fourth-order valence-electron chi connectivity index (χ4n) is 4.35. The van der Waals surface area contributed by atoms with Crippen molar-refractivity contribution < 1.29 is 37.1 Å². The molecule has 4 aromatic rings. The summed E-state index contributed by atoms with van der Waals surface area (Å²) in [4.78, 5) is 56.6. The predicted octanol–water partition coefficient (Wildman–Crippen LogP) is 7.47. The summed E-state index contributed by atoms with van der Waals surface area (Å²) in [6.07, 6.45) is -5.23. The van der Waals surface area contributed by atoms with E-state index in [-0.39, 0.29) is 39.0 Å². The zero-order valence-corrected chi connectivity index (χ0v) is 25.6. The molecule has 0 N–H and O–H groups in total. The van der Waals surface area contributed by atoms with Crippen molar-refractivity contribution in [2.45, 2.75) is 22.9 Å². The number of pyridine rings is 1. The third kappa shape index (κ3) is 6.89. The molecule has 15 heteroatoms. The number of esters is 1. The normalized spacial score (nSPS) is 14.8. The molecule has 2 aromatic carbocycles. The molecular formula is C30H16Cl2F3N3O5S2. The number of amides is 2. The third-order valence-corrected chi connectivity index (χ3v) is 9.07. The molecule has 5 rings (SSSR count). The predicted molar refractivity (Wildman–Crippen MR) is 162 cm³/mol. The standard InChI is InChI=1S/C30H16Cl2F3N3O5S2/c31-16-5-8-18(21(32)10-16)23(39)14-43-29(42)15-3-6-17(7-4-15)38-26(40)12-25(28(38)41)45-27-19(13-36)20(30(33,34)35)11-22(37-27)24-2-1-9-44-24/h1-11,25H,12,14H2. The Morgan fingerprint density at radius 1 is 1.11 bits per heavy atom. The number of alkyl halides is 3. The Labute approximate surface area is 271 Å². The molecule has 3 heterocycles. The van der Waals surface area contributed by atoms with Crippen LogP contribution in [0.25, 0.3) is 10.6 Å². The highest BCUT2D eigenvalue weighted by atomic mass is 35.5. The monoisotopic (exact) mass is 689 g/mol. The molecule has 45 heavy (non-hydrogen) atoms. The van der Waals surface area contributed by atoms with Gasteiger partial charge in [-0.05, 0) is 60.0 Å². The summed E-state index contributed by atoms with van der Waals surface area (Å²) in [5, 5.41) is 10.2. The number of carbonyl (C=O) groups is 4. The van der Waals surface area contributed by atoms with Crippen LogP contribution in [-0.4, -0.2) is 40.4 Å². The quantitative estimate of drug-likeness (QED) is 0.106. The van der Waals surface area contributed by atoms with Crippen molar-refractivity contribution in [2.75, 3.05) is 11.5 Å². The number of aromatic nitrogens is 1. The van der Waals surface area contributed by atoms with Crippen LogP contribution in [0.15, 0.2) is 71.1 Å². The number of hydrogen-bond acceptors (Lipinski definition) is 9. The van der Waals surface area contributed by atoms with E-state index in [2.05, 4.69) is 4.98 Å². The minimum Gasteiger partial charge on any atom is -0.454 e. The maximum absolute atomic E-state index is 13.9. The molecule has 2 aromatic heterocycles. The average molecular weight is 691 g/mol. The van der Waals surface area contributed by atoms with Crippen LogP contribution in [0, 0.1) is 11.3 Å². The molecule has 1 aliphatic heterocycles. The van der Waals surface area contributed by atoms with Crippen molar-refractivity contribution >= 4 is 75.6 Å². The van der Waals surface area contributed by atoms with Crippen molar-refractivity contribution in [2.24, 2.45) is 0 Å². The fraction of sp³-hybridized carbons (Fsp3) is 0.133. The molecule has 1 aliphatic rings. The van der Waals surface area contributed by atoms with Crippen molar-refractivity contribution in [3.05, 3.63) is 98.3 Å². The van der Waals surface area contributed by atoms with Crippen molar-refractivity contribution in [1.82, 2.24) is 4.98 Å². The lowest BCUT2D eigenvalue weighted by Crippen LogP contribution is -2.31. The second-order valence-corrected chi connectivity index (χ2v) is 12.4. The number of thioether (sulfide) groups is 1. The molecular weight excluding hydrogens is 674 g/mol. The van der Waals surface area contributed by atoms with Crippen LogP contribution in [0.4, 0.5) is 18.9 Å². The second-order valence-electron chi connectivity index (χ2n) is 9.37. The summed E-state index contributed by atoms with van der Waals surface area (Å²) < 4.78 is 46.7. The van der Waals surface area contributed by atoms with E-state index in [9.17, 15) is 37.6 Å². The van der Waals surface area contributed by atoms with E-state index < -0.39 is 52.7 Å². The number of carbonyl (C=O) groups excluding carboxylic acids is 4. The molecule has 0 saturated carbocycles. The first-order valence-electron chi connectivity index (χ1n) is 12.7.